The highest BCUT2D eigenvalue weighted by Gasteiger charge is 2.09. The second-order valence-electron chi connectivity index (χ2n) is 5.50. The van der Waals surface area contributed by atoms with Gasteiger partial charge in [-0.1, -0.05) is 36.4 Å². The van der Waals surface area contributed by atoms with Gasteiger partial charge in [-0.3, -0.25) is 0 Å². The topological polar surface area (TPSA) is 24.1 Å². The molecular formula is C18H22N2S. The highest BCUT2D eigenvalue weighted by Crippen LogP contribution is 2.19. The average molecular weight is 298 g/mol. The van der Waals surface area contributed by atoms with E-state index in [1.54, 1.807) is 0 Å². The van der Waals surface area contributed by atoms with Crippen molar-refractivity contribution in [3.63, 3.8) is 0 Å². The van der Waals surface area contributed by atoms with Gasteiger partial charge in [-0.2, -0.15) is 0 Å². The van der Waals surface area contributed by atoms with E-state index < -0.39 is 0 Å². The minimum Gasteiger partial charge on any atom is -0.356 e. The van der Waals surface area contributed by atoms with Crippen LogP contribution >= 0.6 is 12.2 Å². The molecule has 0 aliphatic carbocycles. The van der Waals surface area contributed by atoms with Crippen molar-refractivity contribution >= 4 is 23.0 Å². The summed E-state index contributed by atoms with van der Waals surface area (Å²) in [5.41, 5.74) is 6.00. The van der Waals surface area contributed by atoms with Crippen molar-refractivity contribution in [3.8, 4) is 0 Å². The van der Waals surface area contributed by atoms with Crippen LogP contribution in [0.15, 0.2) is 42.5 Å². The summed E-state index contributed by atoms with van der Waals surface area (Å²) >= 11 is 5.44. The Balaban J connectivity index is 2.05. The number of rotatable bonds is 3. The van der Waals surface area contributed by atoms with E-state index in [0.29, 0.717) is 5.11 Å². The Labute approximate surface area is 132 Å². The molecule has 1 atom stereocenters. The molecule has 21 heavy (non-hydrogen) atoms. The fourth-order valence-corrected chi connectivity index (χ4v) is 2.66. The smallest absolute Gasteiger partial charge is 0.171 e. The van der Waals surface area contributed by atoms with Gasteiger partial charge in [0.25, 0.3) is 0 Å². The normalized spacial score (nSPS) is 11.8. The molecule has 0 spiro atoms. The Hall–Kier alpha value is -1.87. The Kier molecular flexibility index (Phi) is 4.97. The lowest BCUT2D eigenvalue weighted by Crippen LogP contribution is -2.31. The van der Waals surface area contributed by atoms with Crippen molar-refractivity contribution in [1.82, 2.24) is 5.32 Å². The van der Waals surface area contributed by atoms with Crippen LogP contribution < -0.4 is 10.6 Å². The molecule has 0 fully saturated rings. The maximum absolute atomic E-state index is 5.44. The van der Waals surface area contributed by atoms with Gasteiger partial charge in [0.15, 0.2) is 5.11 Å². The van der Waals surface area contributed by atoms with E-state index in [1.165, 1.54) is 22.3 Å². The van der Waals surface area contributed by atoms with E-state index in [9.17, 15) is 0 Å². The van der Waals surface area contributed by atoms with Gasteiger partial charge in [0.1, 0.15) is 0 Å². The second kappa shape index (κ2) is 6.72. The minimum atomic E-state index is 0.177. The van der Waals surface area contributed by atoms with Crippen LogP contribution in [0.4, 0.5) is 5.69 Å². The molecule has 2 aromatic carbocycles. The fourth-order valence-electron chi connectivity index (χ4n) is 2.38. The lowest BCUT2D eigenvalue weighted by molar-refractivity contribution is 0.717. The first-order chi connectivity index (χ1) is 9.97. The lowest BCUT2D eigenvalue weighted by atomic mass is 10.0. The molecule has 0 aliphatic heterocycles. The van der Waals surface area contributed by atoms with Gasteiger partial charge < -0.3 is 10.6 Å². The Bertz CT molecular complexity index is 649. The van der Waals surface area contributed by atoms with Crippen LogP contribution in [0.1, 0.15) is 35.2 Å². The predicted octanol–water partition coefficient (Wildman–Crippen LogP) is 4.66. The van der Waals surface area contributed by atoms with E-state index in [1.807, 2.05) is 0 Å². The van der Waals surface area contributed by atoms with Gasteiger partial charge in [0, 0.05) is 5.69 Å². The molecule has 0 aliphatic rings. The van der Waals surface area contributed by atoms with Crippen molar-refractivity contribution in [2.24, 2.45) is 0 Å². The number of anilines is 1. The van der Waals surface area contributed by atoms with E-state index in [4.69, 9.17) is 12.2 Å². The molecule has 3 heteroatoms. The van der Waals surface area contributed by atoms with Gasteiger partial charge in [-0.25, -0.2) is 0 Å². The molecule has 0 amide bonds. The molecule has 110 valence electrons. The maximum atomic E-state index is 5.44. The van der Waals surface area contributed by atoms with Gasteiger partial charge in [-0.05, 0) is 68.2 Å². The molecule has 0 bridgehead atoms. The summed E-state index contributed by atoms with van der Waals surface area (Å²) in [6.45, 7) is 8.40. The monoisotopic (exact) mass is 298 g/mol. The molecule has 0 saturated heterocycles. The highest BCUT2D eigenvalue weighted by molar-refractivity contribution is 7.80. The molecule has 0 radical (unpaired) electrons. The summed E-state index contributed by atoms with van der Waals surface area (Å²) in [4.78, 5) is 0. The fraction of sp³-hybridized carbons (Fsp3) is 0.278. The third kappa shape index (κ3) is 4.05. The molecule has 2 rings (SSSR count). The average Bonchev–Trinajstić information content (AvgIpc) is 2.43. The summed E-state index contributed by atoms with van der Waals surface area (Å²) in [5, 5.41) is 7.30. The SMILES string of the molecule is Cc1ccc(C)c(NC(=S)NC(C)c2ccccc2C)c1. The third-order valence-corrected chi connectivity index (χ3v) is 3.86. The van der Waals surface area contributed by atoms with Crippen LogP contribution in [0.2, 0.25) is 0 Å². The zero-order valence-electron chi connectivity index (χ0n) is 13.0. The first-order valence-corrected chi connectivity index (χ1v) is 7.58. The number of nitrogens with one attached hydrogen (secondary N) is 2. The highest BCUT2D eigenvalue weighted by atomic mass is 32.1. The molecule has 0 aromatic heterocycles. The standard InChI is InChI=1S/C18H22N2S/c1-12-9-10-14(3)17(11-12)20-18(21)19-15(4)16-8-6-5-7-13(16)2/h5-11,15H,1-4H3,(H2,19,20,21). The van der Waals surface area contributed by atoms with Gasteiger partial charge >= 0.3 is 0 Å². The first-order valence-electron chi connectivity index (χ1n) is 7.17. The molecule has 1 unspecified atom stereocenters. The van der Waals surface area contributed by atoms with Crippen LogP contribution in [0.5, 0.6) is 0 Å². The van der Waals surface area contributed by atoms with Crippen molar-refractivity contribution in [3.05, 3.63) is 64.7 Å². The van der Waals surface area contributed by atoms with E-state index in [2.05, 4.69) is 80.8 Å². The summed E-state index contributed by atoms with van der Waals surface area (Å²) < 4.78 is 0. The summed E-state index contributed by atoms with van der Waals surface area (Å²) in [6, 6.07) is 14.9. The Morgan fingerprint density at radius 2 is 1.71 bits per heavy atom. The van der Waals surface area contributed by atoms with E-state index >= 15 is 0 Å². The van der Waals surface area contributed by atoms with Crippen molar-refractivity contribution in [1.29, 1.82) is 0 Å². The van der Waals surface area contributed by atoms with Crippen molar-refractivity contribution < 1.29 is 0 Å². The maximum Gasteiger partial charge on any atom is 0.171 e. The Morgan fingerprint density at radius 1 is 1.00 bits per heavy atom. The van der Waals surface area contributed by atoms with Gasteiger partial charge in [0.2, 0.25) is 0 Å². The van der Waals surface area contributed by atoms with Crippen molar-refractivity contribution in [2.45, 2.75) is 33.7 Å². The summed E-state index contributed by atoms with van der Waals surface area (Å²) in [6.07, 6.45) is 0. The zero-order valence-corrected chi connectivity index (χ0v) is 13.8. The second-order valence-corrected chi connectivity index (χ2v) is 5.90. The molecule has 0 saturated carbocycles. The van der Waals surface area contributed by atoms with E-state index in [-0.39, 0.29) is 6.04 Å². The molecule has 2 nitrogen and oxygen atoms in total. The summed E-state index contributed by atoms with van der Waals surface area (Å²) in [5.74, 6) is 0. The quantitative estimate of drug-likeness (QED) is 0.806. The molecule has 2 aromatic rings. The number of hydrogen-bond donors (Lipinski definition) is 2. The summed E-state index contributed by atoms with van der Waals surface area (Å²) in [7, 11) is 0. The number of hydrogen-bond acceptors (Lipinski definition) is 1. The van der Waals surface area contributed by atoms with Gasteiger partial charge in [-0.15, -0.1) is 0 Å². The molecule has 0 heterocycles. The predicted molar refractivity (Wildman–Crippen MR) is 94.9 cm³/mol. The molecule has 2 N–H and O–H groups in total. The van der Waals surface area contributed by atoms with Crippen LogP contribution in [0.25, 0.3) is 0 Å². The van der Waals surface area contributed by atoms with Crippen LogP contribution in [-0.2, 0) is 0 Å². The molecular weight excluding hydrogens is 276 g/mol. The van der Waals surface area contributed by atoms with Crippen molar-refractivity contribution in [2.75, 3.05) is 5.32 Å². The van der Waals surface area contributed by atoms with E-state index in [0.717, 1.165) is 5.69 Å². The third-order valence-electron chi connectivity index (χ3n) is 3.64. The number of aryl methyl sites for hydroxylation is 3. The first kappa shape index (κ1) is 15.5. The van der Waals surface area contributed by atoms with Crippen LogP contribution in [0, 0.1) is 20.8 Å². The minimum absolute atomic E-state index is 0.177. The van der Waals surface area contributed by atoms with Crippen LogP contribution in [0.3, 0.4) is 0 Å². The number of benzene rings is 2. The number of thiocarbonyl (C=S) groups is 1. The lowest BCUT2D eigenvalue weighted by Gasteiger charge is -2.20. The largest absolute Gasteiger partial charge is 0.356 e. The Morgan fingerprint density at radius 3 is 2.43 bits per heavy atom. The zero-order chi connectivity index (χ0) is 15.4. The van der Waals surface area contributed by atoms with Crippen LogP contribution in [-0.4, -0.2) is 5.11 Å². The van der Waals surface area contributed by atoms with Gasteiger partial charge in [0.05, 0.1) is 6.04 Å².